The van der Waals surface area contributed by atoms with Crippen LogP contribution in [0.2, 0.25) is 0 Å². The highest BCUT2D eigenvalue weighted by atomic mass is 16.6. The van der Waals surface area contributed by atoms with Crippen LogP contribution in [0.5, 0.6) is 5.75 Å². The van der Waals surface area contributed by atoms with Gasteiger partial charge in [-0.25, -0.2) is 4.79 Å². The second-order valence-corrected chi connectivity index (χ2v) is 9.86. The Morgan fingerprint density at radius 3 is 2.32 bits per heavy atom. The summed E-state index contributed by atoms with van der Waals surface area (Å²) in [7, 11) is 2.20. The fourth-order valence-corrected chi connectivity index (χ4v) is 5.31. The zero-order valence-corrected chi connectivity index (χ0v) is 23.2. The maximum atomic E-state index is 12.2. The van der Waals surface area contributed by atoms with E-state index in [2.05, 4.69) is 61.3 Å². The SMILES string of the molecule is CCOC(=O)C(Cc1ccc(OCCN(C)C2c3ccccc3CCc3ccc(CC)cc32)cc1)OCC. The lowest BCUT2D eigenvalue weighted by Gasteiger charge is -2.30. The molecule has 4 rings (SSSR count). The van der Waals surface area contributed by atoms with Crippen LogP contribution in [0.1, 0.15) is 60.2 Å². The molecule has 3 aromatic carbocycles. The summed E-state index contributed by atoms with van der Waals surface area (Å²) in [6, 6.07) is 24.0. The van der Waals surface area contributed by atoms with Gasteiger partial charge in [-0.2, -0.15) is 0 Å². The van der Waals surface area contributed by atoms with Crippen molar-refractivity contribution in [3.05, 3.63) is 100 Å². The molecule has 2 unspecified atom stereocenters. The van der Waals surface area contributed by atoms with Crippen molar-refractivity contribution in [1.82, 2.24) is 4.90 Å². The fraction of sp³-hybridized carbons (Fsp3) is 0.424. The van der Waals surface area contributed by atoms with E-state index in [0.717, 1.165) is 37.1 Å². The summed E-state index contributed by atoms with van der Waals surface area (Å²) in [5.74, 6) is 0.506. The first kappa shape index (κ1) is 27.9. The predicted octanol–water partition coefficient (Wildman–Crippen LogP) is 5.96. The number of aryl methyl sites for hydroxylation is 3. The summed E-state index contributed by atoms with van der Waals surface area (Å²) >= 11 is 0. The number of hydrogen-bond donors (Lipinski definition) is 0. The zero-order chi connectivity index (χ0) is 26.9. The molecule has 0 fully saturated rings. The maximum Gasteiger partial charge on any atom is 0.335 e. The van der Waals surface area contributed by atoms with E-state index in [4.69, 9.17) is 14.2 Å². The van der Waals surface area contributed by atoms with Gasteiger partial charge in [-0.05, 0) is 85.7 Å². The van der Waals surface area contributed by atoms with E-state index in [-0.39, 0.29) is 12.0 Å². The molecule has 38 heavy (non-hydrogen) atoms. The zero-order valence-electron chi connectivity index (χ0n) is 23.2. The summed E-state index contributed by atoms with van der Waals surface area (Å²) in [5, 5.41) is 0. The van der Waals surface area contributed by atoms with Gasteiger partial charge in [0.1, 0.15) is 12.4 Å². The van der Waals surface area contributed by atoms with Gasteiger partial charge in [-0.1, -0.05) is 61.5 Å². The highest BCUT2D eigenvalue weighted by Gasteiger charge is 2.27. The quantitative estimate of drug-likeness (QED) is 0.279. The first-order valence-electron chi connectivity index (χ1n) is 13.9. The summed E-state index contributed by atoms with van der Waals surface area (Å²) in [6.45, 7) is 8.11. The molecule has 202 valence electrons. The highest BCUT2D eigenvalue weighted by Crippen LogP contribution is 2.36. The van der Waals surface area contributed by atoms with Crippen molar-refractivity contribution in [2.24, 2.45) is 0 Å². The summed E-state index contributed by atoms with van der Waals surface area (Å²) in [4.78, 5) is 14.6. The maximum absolute atomic E-state index is 12.2. The Morgan fingerprint density at radius 2 is 1.61 bits per heavy atom. The highest BCUT2D eigenvalue weighted by molar-refractivity contribution is 5.75. The van der Waals surface area contributed by atoms with Crippen molar-refractivity contribution in [2.45, 2.75) is 58.6 Å². The lowest BCUT2D eigenvalue weighted by Crippen LogP contribution is -2.30. The second kappa shape index (κ2) is 13.6. The molecule has 1 aliphatic carbocycles. The normalized spacial score (nSPS) is 15.3. The first-order valence-corrected chi connectivity index (χ1v) is 13.9. The molecule has 0 saturated carbocycles. The lowest BCUT2D eigenvalue weighted by molar-refractivity contribution is -0.156. The molecule has 5 nitrogen and oxygen atoms in total. The largest absolute Gasteiger partial charge is 0.492 e. The van der Waals surface area contributed by atoms with Gasteiger partial charge in [0.05, 0.1) is 12.6 Å². The average Bonchev–Trinajstić information content (AvgIpc) is 3.10. The second-order valence-electron chi connectivity index (χ2n) is 9.86. The fourth-order valence-electron chi connectivity index (χ4n) is 5.31. The molecule has 0 radical (unpaired) electrons. The Labute approximate surface area is 227 Å². The first-order chi connectivity index (χ1) is 18.5. The van der Waals surface area contributed by atoms with Gasteiger partial charge in [0.25, 0.3) is 0 Å². The van der Waals surface area contributed by atoms with Crippen LogP contribution >= 0.6 is 0 Å². The molecule has 0 aliphatic heterocycles. The summed E-state index contributed by atoms with van der Waals surface area (Å²) in [5.41, 5.74) is 8.10. The van der Waals surface area contributed by atoms with Crippen molar-refractivity contribution in [3.63, 3.8) is 0 Å². The molecule has 0 spiro atoms. The average molecular weight is 516 g/mol. The van der Waals surface area contributed by atoms with Gasteiger partial charge < -0.3 is 14.2 Å². The van der Waals surface area contributed by atoms with E-state index in [9.17, 15) is 4.79 Å². The van der Waals surface area contributed by atoms with Crippen molar-refractivity contribution in [1.29, 1.82) is 0 Å². The van der Waals surface area contributed by atoms with Crippen molar-refractivity contribution >= 4 is 5.97 Å². The minimum Gasteiger partial charge on any atom is -0.492 e. The Bertz CT molecular complexity index is 1190. The lowest BCUT2D eigenvalue weighted by atomic mass is 9.92. The van der Waals surface area contributed by atoms with E-state index in [1.807, 2.05) is 31.2 Å². The standard InChI is InChI=1S/C33H41NO4/c1-5-24-12-15-27-17-16-26-10-8-9-11-29(26)32(30(27)22-24)34(4)20-21-38-28-18-13-25(14-19-28)23-31(36-6-2)33(35)37-7-3/h8-15,18-19,22,31-32H,5-7,16-17,20-21,23H2,1-4H3. The number of carbonyl (C=O) groups is 1. The number of benzene rings is 3. The molecule has 0 amide bonds. The van der Waals surface area contributed by atoms with E-state index >= 15 is 0 Å². The number of esters is 1. The molecule has 0 heterocycles. The van der Waals surface area contributed by atoms with Crippen molar-refractivity contribution in [3.8, 4) is 5.75 Å². The molecule has 0 aromatic heterocycles. The van der Waals surface area contributed by atoms with Crippen LogP contribution in [0.3, 0.4) is 0 Å². The van der Waals surface area contributed by atoms with Crippen LogP contribution in [0.15, 0.2) is 66.7 Å². The van der Waals surface area contributed by atoms with E-state index in [0.29, 0.717) is 26.2 Å². The van der Waals surface area contributed by atoms with Gasteiger partial charge >= 0.3 is 5.97 Å². The number of carbonyl (C=O) groups excluding carboxylic acids is 1. The van der Waals surface area contributed by atoms with Gasteiger partial charge in [0, 0.05) is 19.6 Å². The van der Waals surface area contributed by atoms with Gasteiger partial charge in [0.15, 0.2) is 6.10 Å². The topological polar surface area (TPSA) is 48.0 Å². The van der Waals surface area contributed by atoms with Crippen molar-refractivity contribution in [2.75, 3.05) is 33.4 Å². The van der Waals surface area contributed by atoms with Crippen molar-refractivity contribution < 1.29 is 19.0 Å². The van der Waals surface area contributed by atoms with Crippen LogP contribution < -0.4 is 4.74 Å². The minimum atomic E-state index is -0.584. The third kappa shape index (κ3) is 6.83. The minimum absolute atomic E-state index is 0.208. The summed E-state index contributed by atoms with van der Waals surface area (Å²) < 4.78 is 16.9. The number of hydrogen-bond acceptors (Lipinski definition) is 5. The summed E-state index contributed by atoms with van der Waals surface area (Å²) in [6.07, 6.45) is 3.08. The third-order valence-corrected chi connectivity index (χ3v) is 7.34. The number of fused-ring (bicyclic) bond motifs is 2. The molecule has 0 N–H and O–H groups in total. The number of likely N-dealkylation sites (N-methyl/N-ethyl adjacent to an activating group) is 1. The molecule has 1 aliphatic rings. The number of nitrogens with zero attached hydrogens (tertiary/aromatic N) is 1. The Morgan fingerprint density at radius 1 is 0.895 bits per heavy atom. The molecule has 0 bridgehead atoms. The van der Waals surface area contributed by atoms with Gasteiger partial charge in [-0.15, -0.1) is 0 Å². The smallest absolute Gasteiger partial charge is 0.335 e. The van der Waals surface area contributed by atoms with Crippen LogP contribution in [0.4, 0.5) is 0 Å². The van der Waals surface area contributed by atoms with Gasteiger partial charge in [0.2, 0.25) is 0 Å². The predicted molar refractivity (Wildman–Crippen MR) is 152 cm³/mol. The monoisotopic (exact) mass is 515 g/mol. The Hall–Kier alpha value is -3.15. The number of rotatable bonds is 12. The Balaban J connectivity index is 1.42. The van der Waals surface area contributed by atoms with E-state index < -0.39 is 6.10 Å². The Kier molecular flexibility index (Phi) is 9.97. The molecule has 2 atom stereocenters. The molecule has 5 heteroatoms. The third-order valence-electron chi connectivity index (χ3n) is 7.34. The van der Waals surface area contributed by atoms with Crippen LogP contribution in [-0.4, -0.2) is 50.4 Å². The molecular weight excluding hydrogens is 474 g/mol. The number of ether oxygens (including phenoxy) is 3. The van der Waals surface area contributed by atoms with Crippen LogP contribution in [0.25, 0.3) is 0 Å². The van der Waals surface area contributed by atoms with Crippen LogP contribution in [-0.2, 0) is 40.0 Å². The van der Waals surface area contributed by atoms with E-state index in [1.54, 1.807) is 6.92 Å². The van der Waals surface area contributed by atoms with E-state index in [1.165, 1.54) is 27.8 Å². The van der Waals surface area contributed by atoms with Crippen LogP contribution in [0, 0.1) is 0 Å². The molecule has 3 aromatic rings. The molecule has 0 saturated heterocycles. The van der Waals surface area contributed by atoms with Gasteiger partial charge in [-0.3, -0.25) is 4.90 Å². The molecular formula is C33H41NO4.